The van der Waals surface area contributed by atoms with Crippen LogP contribution in [-0.2, 0) is 14.4 Å². The van der Waals surface area contributed by atoms with Gasteiger partial charge in [0.25, 0.3) is 5.91 Å². The van der Waals surface area contributed by atoms with Crippen molar-refractivity contribution >= 4 is 68.2 Å². The Kier molecular flexibility index (Phi) is 7.51. The first kappa shape index (κ1) is 23.4. The molecule has 1 aromatic heterocycles. The smallest absolute Gasteiger partial charge is 0.305 e. The first-order valence-corrected chi connectivity index (χ1v) is 11.1. The van der Waals surface area contributed by atoms with Gasteiger partial charge in [-0.3, -0.25) is 19.2 Å². The number of rotatable bonds is 7. The molecule has 2 atom stereocenters. The van der Waals surface area contributed by atoms with Gasteiger partial charge in [0.2, 0.25) is 5.91 Å². The van der Waals surface area contributed by atoms with Crippen molar-refractivity contribution in [3.63, 3.8) is 0 Å². The molecule has 0 bridgehead atoms. The van der Waals surface area contributed by atoms with Crippen LogP contribution in [-0.4, -0.2) is 58.9 Å². The zero-order valence-electron chi connectivity index (χ0n) is 16.2. The van der Waals surface area contributed by atoms with E-state index in [1.165, 1.54) is 4.90 Å². The molecule has 1 aliphatic rings. The number of likely N-dealkylation sites (tertiary alicyclic amines) is 1. The van der Waals surface area contributed by atoms with E-state index in [2.05, 4.69) is 5.32 Å². The molecule has 2 amide bonds. The Bertz CT molecular complexity index is 1040. The van der Waals surface area contributed by atoms with Gasteiger partial charge in [0.1, 0.15) is 23.6 Å². The number of piperidine rings is 1. The summed E-state index contributed by atoms with van der Waals surface area (Å²) in [6.45, 7) is -1.11. The van der Waals surface area contributed by atoms with E-state index in [0.29, 0.717) is 34.4 Å². The monoisotopic (exact) mass is 488 g/mol. The number of halogens is 3. The zero-order chi connectivity index (χ0) is 22.7. The number of Topliss-reactive ketones (excluding diaryl/α,β-unsaturated/α-hetero) is 1. The first-order valence-electron chi connectivity index (χ1n) is 9.53. The van der Waals surface area contributed by atoms with Crippen molar-refractivity contribution in [2.24, 2.45) is 0 Å². The molecular weight excluding hydrogens is 470 g/mol. The SMILES string of the molecule is O=C(O)CC(NC(=O)[C@@H]1CCCCN1C(=O)c1sc2c(Cl)cccc2c1Cl)C(=O)CF. The minimum absolute atomic E-state index is 0.242. The largest absolute Gasteiger partial charge is 0.481 e. The van der Waals surface area contributed by atoms with Crippen LogP contribution in [0.5, 0.6) is 0 Å². The lowest BCUT2D eigenvalue weighted by atomic mass is 10.00. The topological polar surface area (TPSA) is 104 Å². The van der Waals surface area contributed by atoms with Gasteiger partial charge in [0.05, 0.1) is 21.2 Å². The molecule has 0 saturated carbocycles. The molecule has 0 spiro atoms. The van der Waals surface area contributed by atoms with E-state index in [1.807, 2.05) is 0 Å². The Balaban J connectivity index is 1.86. The summed E-state index contributed by atoms with van der Waals surface area (Å²) in [7, 11) is 0. The van der Waals surface area contributed by atoms with Crippen molar-refractivity contribution < 1.29 is 28.7 Å². The number of fused-ring (bicyclic) bond motifs is 1. The first-order chi connectivity index (χ1) is 14.7. The second-order valence-electron chi connectivity index (χ2n) is 7.13. The Labute approximate surface area is 191 Å². The number of alkyl halides is 1. The van der Waals surface area contributed by atoms with Gasteiger partial charge in [-0.25, -0.2) is 4.39 Å². The van der Waals surface area contributed by atoms with Gasteiger partial charge < -0.3 is 15.3 Å². The van der Waals surface area contributed by atoms with Crippen molar-refractivity contribution in [1.29, 1.82) is 0 Å². The second-order valence-corrected chi connectivity index (χ2v) is 8.94. The minimum Gasteiger partial charge on any atom is -0.481 e. The van der Waals surface area contributed by atoms with Crippen molar-refractivity contribution in [1.82, 2.24) is 10.2 Å². The summed E-state index contributed by atoms with van der Waals surface area (Å²) in [5.41, 5.74) is 0. The standard InChI is InChI=1S/C20H19Cl2FN2O5S/c21-11-5-3-4-10-16(22)18(31-17(10)11)20(30)25-7-2-1-6-13(25)19(29)24-12(8-15(27)28)14(26)9-23/h3-5,12-13H,1-2,6-9H2,(H,24,29)(H,27,28)/t12?,13-/m0/s1. The summed E-state index contributed by atoms with van der Waals surface area (Å²) in [5, 5.41) is 12.6. The molecular formula is C20H19Cl2FN2O5S. The molecule has 0 aliphatic carbocycles. The van der Waals surface area contributed by atoms with Gasteiger partial charge in [-0.15, -0.1) is 11.3 Å². The number of ketones is 1. The van der Waals surface area contributed by atoms with Gasteiger partial charge >= 0.3 is 5.97 Å². The third kappa shape index (κ3) is 4.99. The van der Waals surface area contributed by atoms with Gasteiger partial charge in [-0.1, -0.05) is 35.3 Å². The third-order valence-corrected chi connectivity index (χ3v) is 7.24. The van der Waals surface area contributed by atoms with Crippen LogP contribution < -0.4 is 5.32 Å². The fraction of sp³-hybridized carbons (Fsp3) is 0.400. The molecule has 1 fully saturated rings. The number of hydrogen-bond donors (Lipinski definition) is 2. The van der Waals surface area contributed by atoms with Gasteiger partial charge in [0.15, 0.2) is 5.78 Å². The highest BCUT2D eigenvalue weighted by atomic mass is 35.5. The van der Waals surface area contributed by atoms with Crippen LogP contribution >= 0.6 is 34.5 Å². The molecule has 1 aliphatic heterocycles. The van der Waals surface area contributed by atoms with Gasteiger partial charge in [0, 0.05) is 11.9 Å². The molecule has 2 aromatic rings. The third-order valence-electron chi connectivity index (χ3n) is 5.08. The number of benzene rings is 1. The molecule has 3 rings (SSSR count). The minimum atomic E-state index is -1.50. The van der Waals surface area contributed by atoms with Gasteiger partial charge in [-0.2, -0.15) is 0 Å². The summed E-state index contributed by atoms with van der Waals surface area (Å²) < 4.78 is 13.5. The average molecular weight is 489 g/mol. The van der Waals surface area contributed by atoms with Crippen LogP contribution in [0.15, 0.2) is 18.2 Å². The number of carbonyl (C=O) groups excluding carboxylic acids is 3. The Morgan fingerprint density at radius 1 is 1.26 bits per heavy atom. The van der Waals surface area contributed by atoms with Crippen molar-refractivity contribution in [3.8, 4) is 0 Å². The highest BCUT2D eigenvalue weighted by Gasteiger charge is 2.36. The fourth-order valence-electron chi connectivity index (χ4n) is 3.55. The van der Waals surface area contributed by atoms with E-state index in [4.69, 9.17) is 28.3 Å². The molecule has 11 heteroatoms. The van der Waals surface area contributed by atoms with Crippen LogP contribution in [0.3, 0.4) is 0 Å². The Hall–Kier alpha value is -2.23. The lowest BCUT2D eigenvalue weighted by Crippen LogP contribution is -2.55. The number of thiophene rings is 1. The number of carboxylic acid groups (broad SMARTS) is 1. The maximum atomic E-state index is 13.3. The number of hydrogen-bond acceptors (Lipinski definition) is 5. The number of nitrogens with one attached hydrogen (secondary N) is 1. The quantitative estimate of drug-likeness (QED) is 0.618. The summed E-state index contributed by atoms with van der Waals surface area (Å²) in [6, 6.07) is 2.73. The molecule has 7 nitrogen and oxygen atoms in total. The molecule has 2 N–H and O–H groups in total. The number of aliphatic carboxylic acids is 1. The van der Waals surface area contributed by atoms with E-state index in [-0.39, 0.29) is 16.4 Å². The van der Waals surface area contributed by atoms with Crippen molar-refractivity contribution in [2.45, 2.75) is 37.8 Å². The van der Waals surface area contributed by atoms with E-state index >= 15 is 0 Å². The van der Waals surface area contributed by atoms with Crippen LogP contribution in [0, 0.1) is 0 Å². The number of carbonyl (C=O) groups is 4. The van der Waals surface area contributed by atoms with E-state index in [1.54, 1.807) is 18.2 Å². The fourth-order valence-corrected chi connectivity index (χ4v) is 5.31. The predicted molar refractivity (Wildman–Crippen MR) is 116 cm³/mol. The normalized spacial score (nSPS) is 17.4. The summed E-state index contributed by atoms with van der Waals surface area (Å²) in [4.78, 5) is 50.4. The average Bonchev–Trinajstić information content (AvgIpc) is 3.09. The van der Waals surface area contributed by atoms with E-state index in [9.17, 15) is 23.6 Å². The summed E-state index contributed by atoms with van der Waals surface area (Å²) >= 11 is 13.8. The lowest BCUT2D eigenvalue weighted by molar-refractivity contribution is -0.140. The Morgan fingerprint density at radius 3 is 2.65 bits per heavy atom. The maximum absolute atomic E-state index is 13.3. The number of carboxylic acids is 1. The van der Waals surface area contributed by atoms with E-state index in [0.717, 1.165) is 11.3 Å². The molecule has 1 unspecified atom stereocenters. The van der Waals surface area contributed by atoms with Crippen LogP contribution in [0.2, 0.25) is 10.0 Å². The molecule has 2 heterocycles. The molecule has 1 saturated heterocycles. The van der Waals surface area contributed by atoms with Crippen molar-refractivity contribution in [3.05, 3.63) is 33.1 Å². The molecule has 0 radical (unpaired) electrons. The highest BCUT2D eigenvalue weighted by Crippen LogP contribution is 2.40. The zero-order valence-corrected chi connectivity index (χ0v) is 18.5. The van der Waals surface area contributed by atoms with E-state index < -0.39 is 48.7 Å². The lowest BCUT2D eigenvalue weighted by Gasteiger charge is -2.35. The summed E-state index contributed by atoms with van der Waals surface area (Å²) in [5.74, 6) is -3.53. The van der Waals surface area contributed by atoms with Crippen LogP contribution in [0.1, 0.15) is 35.4 Å². The maximum Gasteiger partial charge on any atom is 0.305 e. The van der Waals surface area contributed by atoms with Gasteiger partial charge in [-0.05, 0) is 25.3 Å². The number of amides is 2. The predicted octanol–water partition coefficient (Wildman–Crippen LogP) is 3.70. The second kappa shape index (κ2) is 9.93. The Morgan fingerprint density at radius 2 is 2.00 bits per heavy atom. The highest BCUT2D eigenvalue weighted by molar-refractivity contribution is 7.22. The molecule has 166 valence electrons. The van der Waals surface area contributed by atoms with Crippen LogP contribution in [0.25, 0.3) is 10.1 Å². The van der Waals surface area contributed by atoms with Crippen LogP contribution in [0.4, 0.5) is 4.39 Å². The van der Waals surface area contributed by atoms with Crippen molar-refractivity contribution in [2.75, 3.05) is 13.2 Å². The molecule has 31 heavy (non-hydrogen) atoms. The summed E-state index contributed by atoms with van der Waals surface area (Å²) in [6.07, 6.45) is 0.912. The molecule has 1 aromatic carbocycles. The number of nitrogens with zero attached hydrogens (tertiary/aromatic N) is 1.